The van der Waals surface area contributed by atoms with Crippen molar-refractivity contribution in [1.29, 1.82) is 5.26 Å². The summed E-state index contributed by atoms with van der Waals surface area (Å²) >= 11 is 0. The quantitative estimate of drug-likeness (QED) is 0.611. The number of nitro benzene ring substituents is 2. The van der Waals surface area contributed by atoms with E-state index in [9.17, 15) is 20.2 Å². The first-order chi connectivity index (χ1) is 11.9. The summed E-state index contributed by atoms with van der Waals surface area (Å²) in [6.45, 7) is 2.04. The Morgan fingerprint density at radius 2 is 2.08 bits per heavy atom. The Balaban J connectivity index is 2.27. The van der Waals surface area contributed by atoms with Crippen molar-refractivity contribution in [1.82, 2.24) is 0 Å². The zero-order chi connectivity index (χ0) is 18.4. The van der Waals surface area contributed by atoms with Crippen LogP contribution in [0.3, 0.4) is 0 Å². The molecule has 2 atom stereocenters. The second-order valence-corrected chi connectivity index (χ2v) is 6.09. The lowest BCUT2D eigenvalue weighted by molar-refractivity contribution is -0.393. The molecular weight excluding hydrogens is 326 g/mol. The van der Waals surface area contributed by atoms with Crippen LogP contribution in [0.2, 0.25) is 0 Å². The molecule has 0 spiro atoms. The Kier molecular flexibility index (Phi) is 6.00. The molecule has 1 aromatic carbocycles. The summed E-state index contributed by atoms with van der Waals surface area (Å²) < 4.78 is 0. The zero-order valence-electron chi connectivity index (χ0n) is 13.8. The maximum atomic E-state index is 11.2. The number of nitrogens with one attached hydrogen (secondary N) is 1. The fraction of sp³-hybridized carbons (Fsp3) is 0.500. The molecule has 2 unspecified atom stereocenters. The van der Waals surface area contributed by atoms with Gasteiger partial charge in [-0.1, -0.05) is 13.3 Å². The van der Waals surface area contributed by atoms with E-state index in [1.54, 1.807) is 0 Å². The molecule has 0 aliphatic heterocycles. The Labute approximate surface area is 144 Å². The van der Waals surface area contributed by atoms with Crippen molar-refractivity contribution in [3.63, 3.8) is 0 Å². The maximum Gasteiger partial charge on any atom is 0.301 e. The van der Waals surface area contributed by atoms with Gasteiger partial charge in [-0.25, -0.2) is 0 Å². The third kappa shape index (κ3) is 4.50. The average Bonchev–Trinajstić information content (AvgIpc) is 2.58. The molecule has 0 amide bonds. The van der Waals surface area contributed by atoms with Crippen molar-refractivity contribution in [2.45, 2.75) is 39.0 Å². The van der Waals surface area contributed by atoms with Gasteiger partial charge in [0.1, 0.15) is 5.69 Å². The van der Waals surface area contributed by atoms with Crippen molar-refractivity contribution in [3.8, 4) is 6.07 Å². The van der Waals surface area contributed by atoms with Crippen molar-refractivity contribution in [3.05, 3.63) is 38.4 Å². The molecule has 132 valence electrons. The van der Waals surface area contributed by atoms with Crippen LogP contribution in [-0.2, 0) is 0 Å². The van der Waals surface area contributed by atoms with E-state index in [0.717, 1.165) is 31.0 Å². The molecule has 0 heterocycles. The van der Waals surface area contributed by atoms with Gasteiger partial charge in [0, 0.05) is 24.1 Å². The molecular formula is C16H19N5O4. The van der Waals surface area contributed by atoms with Gasteiger partial charge in [-0.3, -0.25) is 25.7 Å². The van der Waals surface area contributed by atoms with Crippen LogP contribution in [0.15, 0.2) is 23.3 Å². The third-order valence-electron chi connectivity index (χ3n) is 4.41. The smallest absolute Gasteiger partial charge is 0.272 e. The standard InChI is InChI=1S/C16H19N5O4/c1-11-4-2-5-12(6-3-9-17)16(11)19-18-14-8-7-13(20(22)23)10-15(14)21(24)25/h7-8,10-12,18H,2-6H2,1H3/b19-16+. The highest BCUT2D eigenvalue weighted by molar-refractivity contribution is 5.90. The minimum absolute atomic E-state index is 0.111. The normalized spacial score (nSPS) is 21.5. The van der Waals surface area contributed by atoms with E-state index in [4.69, 9.17) is 5.26 Å². The molecule has 1 aromatic rings. The zero-order valence-corrected chi connectivity index (χ0v) is 13.8. The Hall–Kier alpha value is -3.02. The third-order valence-corrected chi connectivity index (χ3v) is 4.41. The summed E-state index contributed by atoms with van der Waals surface area (Å²) in [7, 11) is 0. The van der Waals surface area contributed by atoms with E-state index < -0.39 is 15.5 Å². The summed E-state index contributed by atoms with van der Waals surface area (Å²) in [5.41, 5.74) is 2.98. The average molecular weight is 345 g/mol. The van der Waals surface area contributed by atoms with Gasteiger partial charge in [-0.05, 0) is 31.2 Å². The second kappa shape index (κ2) is 8.19. The second-order valence-electron chi connectivity index (χ2n) is 6.09. The molecule has 9 nitrogen and oxygen atoms in total. The van der Waals surface area contributed by atoms with Crippen molar-refractivity contribution < 1.29 is 9.85 Å². The minimum Gasteiger partial charge on any atom is -0.272 e. The van der Waals surface area contributed by atoms with Crippen LogP contribution in [0.1, 0.15) is 39.0 Å². The summed E-state index contributed by atoms with van der Waals surface area (Å²) in [5, 5.41) is 35.1. The number of benzene rings is 1. The molecule has 1 fully saturated rings. The predicted molar refractivity (Wildman–Crippen MR) is 92.2 cm³/mol. The molecule has 1 aliphatic rings. The summed E-state index contributed by atoms with van der Waals surface area (Å²) in [6, 6.07) is 5.54. The first-order valence-electron chi connectivity index (χ1n) is 8.07. The fourth-order valence-corrected chi connectivity index (χ4v) is 3.11. The molecule has 2 rings (SSSR count). The monoisotopic (exact) mass is 345 g/mol. The minimum atomic E-state index is -0.677. The van der Waals surface area contributed by atoms with Crippen LogP contribution in [0, 0.1) is 43.4 Å². The SMILES string of the molecule is CC1CCCC(CCC#N)/C1=N/Nc1ccc([N+](=O)[O-])cc1[N+](=O)[O-]. The van der Waals surface area contributed by atoms with Crippen molar-refractivity contribution in [2.24, 2.45) is 16.9 Å². The number of rotatable bonds is 6. The summed E-state index contributed by atoms with van der Waals surface area (Å²) in [4.78, 5) is 20.6. The summed E-state index contributed by atoms with van der Waals surface area (Å²) in [6.07, 6.45) is 4.13. The molecule has 0 saturated heterocycles. The van der Waals surface area contributed by atoms with Gasteiger partial charge in [-0.2, -0.15) is 10.4 Å². The number of non-ortho nitro benzene ring substituents is 1. The molecule has 0 bridgehead atoms. The van der Waals surface area contributed by atoms with E-state index in [2.05, 4.69) is 16.6 Å². The maximum absolute atomic E-state index is 11.2. The van der Waals surface area contributed by atoms with E-state index >= 15 is 0 Å². The first kappa shape index (κ1) is 18.3. The van der Waals surface area contributed by atoms with E-state index in [1.165, 1.54) is 12.1 Å². The number of anilines is 1. The lowest BCUT2D eigenvalue weighted by Crippen LogP contribution is -2.27. The van der Waals surface area contributed by atoms with Gasteiger partial charge in [0.25, 0.3) is 5.69 Å². The molecule has 0 aromatic heterocycles. The topological polar surface area (TPSA) is 134 Å². The number of hydrogen-bond donors (Lipinski definition) is 1. The summed E-state index contributed by atoms with van der Waals surface area (Å²) in [5.74, 6) is 0.398. The van der Waals surface area contributed by atoms with Gasteiger partial charge in [0.15, 0.2) is 0 Å². The highest BCUT2D eigenvalue weighted by atomic mass is 16.6. The first-order valence-corrected chi connectivity index (χ1v) is 8.07. The van der Waals surface area contributed by atoms with Gasteiger partial charge in [-0.15, -0.1) is 0 Å². The van der Waals surface area contributed by atoms with Crippen LogP contribution < -0.4 is 5.43 Å². The van der Waals surface area contributed by atoms with Gasteiger partial charge in [0.2, 0.25) is 0 Å². The van der Waals surface area contributed by atoms with Crippen LogP contribution in [0.25, 0.3) is 0 Å². The highest BCUT2D eigenvalue weighted by Crippen LogP contribution is 2.32. The van der Waals surface area contributed by atoms with Gasteiger partial charge >= 0.3 is 5.69 Å². The highest BCUT2D eigenvalue weighted by Gasteiger charge is 2.27. The van der Waals surface area contributed by atoms with E-state index in [-0.39, 0.29) is 23.2 Å². The predicted octanol–water partition coefficient (Wildman–Crippen LogP) is 4.01. The number of hydrogen-bond acceptors (Lipinski definition) is 7. The Bertz CT molecular complexity index is 741. The van der Waals surface area contributed by atoms with Crippen molar-refractivity contribution >= 4 is 22.8 Å². The largest absolute Gasteiger partial charge is 0.301 e. The lowest BCUT2D eigenvalue weighted by Gasteiger charge is -2.28. The fourth-order valence-electron chi connectivity index (χ4n) is 3.11. The van der Waals surface area contributed by atoms with E-state index in [0.29, 0.717) is 12.8 Å². The van der Waals surface area contributed by atoms with Gasteiger partial charge < -0.3 is 0 Å². The molecule has 1 saturated carbocycles. The number of hydrazone groups is 1. The Morgan fingerprint density at radius 3 is 2.72 bits per heavy atom. The lowest BCUT2D eigenvalue weighted by atomic mass is 9.78. The molecule has 1 aliphatic carbocycles. The van der Waals surface area contributed by atoms with Crippen LogP contribution in [0.5, 0.6) is 0 Å². The Morgan fingerprint density at radius 1 is 1.32 bits per heavy atom. The number of nitriles is 1. The number of nitro groups is 2. The van der Waals surface area contributed by atoms with Crippen LogP contribution in [0.4, 0.5) is 17.1 Å². The molecule has 1 N–H and O–H groups in total. The molecule has 25 heavy (non-hydrogen) atoms. The number of nitrogens with zero attached hydrogens (tertiary/aromatic N) is 4. The van der Waals surface area contributed by atoms with Crippen molar-refractivity contribution in [2.75, 3.05) is 5.43 Å². The van der Waals surface area contributed by atoms with Crippen LogP contribution in [-0.4, -0.2) is 15.6 Å². The van der Waals surface area contributed by atoms with Crippen LogP contribution >= 0.6 is 0 Å². The van der Waals surface area contributed by atoms with E-state index in [1.807, 2.05) is 6.92 Å². The molecule has 9 heteroatoms. The van der Waals surface area contributed by atoms with Gasteiger partial charge in [0.05, 0.1) is 22.0 Å². The molecule has 0 radical (unpaired) electrons.